The van der Waals surface area contributed by atoms with Crippen LogP contribution in [0.1, 0.15) is 24.5 Å². The van der Waals surface area contributed by atoms with Crippen LogP contribution in [0.2, 0.25) is 0 Å². The monoisotopic (exact) mass is 214 g/mol. The molecule has 2 heteroatoms. The highest BCUT2D eigenvalue weighted by Gasteiger charge is 2.09. The molecule has 1 aromatic carbocycles. The summed E-state index contributed by atoms with van der Waals surface area (Å²) in [5.74, 6) is -0.291. The number of ether oxygens (including phenoxy) is 1. The molecule has 0 aromatic heterocycles. The lowest BCUT2D eigenvalue weighted by molar-refractivity contribution is -0.135. The van der Waals surface area contributed by atoms with Gasteiger partial charge >= 0.3 is 5.97 Å². The van der Waals surface area contributed by atoms with Gasteiger partial charge in [-0.2, -0.15) is 0 Å². The smallest absolute Gasteiger partial charge is 0.307 e. The zero-order valence-electron chi connectivity index (χ0n) is 9.27. The largest absolute Gasteiger partial charge is 0.435 e. The maximum atomic E-state index is 10.6. The number of allylic oxidation sites excluding steroid dienone is 3. The maximum Gasteiger partial charge on any atom is 0.307 e. The first-order valence-corrected chi connectivity index (χ1v) is 5.39. The Hall–Kier alpha value is -1.83. The van der Waals surface area contributed by atoms with Crippen LogP contribution in [0.25, 0.3) is 5.57 Å². The number of benzene rings is 1. The zero-order valence-corrected chi connectivity index (χ0v) is 9.27. The average Bonchev–Trinajstić information content (AvgIpc) is 2.29. The Kier molecular flexibility index (Phi) is 3.20. The molecule has 0 atom stereocenters. The molecule has 0 fully saturated rings. The molecule has 16 heavy (non-hydrogen) atoms. The molecule has 0 spiro atoms. The lowest BCUT2D eigenvalue weighted by Gasteiger charge is -2.14. The van der Waals surface area contributed by atoms with Crippen molar-refractivity contribution < 1.29 is 9.53 Å². The van der Waals surface area contributed by atoms with Gasteiger partial charge in [-0.15, -0.1) is 0 Å². The molecule has 0 bridgehead atoms. The van der Waals surface area contributed by atoms with Gasteiger partial charge in [0.05, 0.1) is 6.26 Å². The van der Waals surface area contributed by atoms with E-state index in [9.17, 15) is 4.79 Å². The molecule has 1 aromatic rings. The average molecular weight is 214 g/mol. The van der Waals surface area contributed by atoms with E-state index in [1.54, 1.807) is 0 Å². The zero-order chi connectivity index (χ0) is 11.4. The van der Waals surface area contributed by atoms with Crippen LogP contribution < -0.4 is 0 Å². The normalized spacial score (nSPS) is 14.4. The third-order valence-electron chi connectivity index (χ3n) is 2.59. The molecular weight excluding hydrogens is 200 g/mol. The minimum absolute atomic E-state index is 0.291. The molecule has 1 aliphatic carbocycles. The highest BCUT2D eigenvalue weighted by Crippen LogP contribution is 2.26. The molecule has 1 aliphatic rings. The van der Waals surface area contributed by atoms with E-state index in [0.717, 1.165) is 18.4 Å². The minimum atomic E-state index is -0.291. The highest BCUT2D eigenvalue weighted by molar-refractivity contribution is 5.77. The molecular formula is C14H14O2. The summed E-state index contributed by atoms with van der Waals surface area (Å²) in [5.41, 5.74) is 3.72. The number of aryl methyl sites for hydroxylation is 1. The Bertz CT molecular complexity index is 456. The van der Waals surface area contributed by atoms with Gasteiger partial charge in [0.25, 0.3) is 0 Å². The second-order valence-corrected chi connectivity index (χ2v) is 3.77. The van der Waals surface area contributed by atoms with E-state index in [4.69, 9.17) is 4.74 Å². The maximum absolute atomic E-state index is 10.6. The summed E-state index contributed by atoms with van der Waals surface area (Å²) in [5, 5.41) is 0. The van der Waals surface area contributed by atoms with E-state index in [1.807, 2.05) is 12.1 Å². The lowest BCUT2D eigenvalue weighted by Crippen LogP contribution is -1.98. The predicted molar refractivity (Wildman–Crippen MR) is 63.6 cm³/mol. The number of esters is 1. The van der Waals surface area contributed by atoms with Crippen LogP contribution in [0, 0.1) is 0 Å². The third-order valence-corrected chi connectivity index (χ3v) is 2.59. The molecule has 0 radical (unpaired) electrons. The Morgan fingerprint density at radius 2 is 2.19 bits per heavy atom. The van der Waals surface area contributed by atoms with Gasteiger partial charge in [-0.25, -0.2) is 0 Å². The summed E-state index contributed by atoms with van der Waals surface area (Å²) >= 11 is 0. The van der Waals surface area contributed by atoms with E-state index < -0.39 is 0 Å². The molecule has 0 amide bonds. The minimum Gasteiger partial charge on any atom is -0.435 e. The SMILES string of the molecule is CC(=O)OC=CC1=CCCc2ccccc21. The molecule has 2 rings (SSSR count). The van der Waals surface area contributed by atoms with Crippen molar-refractivity contribution in [2.24, 2.45) is 0 Å². The van der Waals surface area contributed by atoms with Gasteiger partial charge in [0.2, 0.25) is 0 Å². The van der Waals surface area contributed by atoms with E-state index in [1.165, 1.54) is 24.3 Å². The van der Waals surface area contributed by atoms with Gasteiger partial charge in [-0.05, 0) is 35.6 Å². The molecule has 0 N–H and O–H groups in total. The Morgan fingerprint density at radius 1 is 1.38 bits per heavy atom. The highest BCUT2D eigenvalue weighted by atomic mass is 16.5. The van der Waals surface area contributed by atoms with E-state index in [2.05, 4.69) is 24.3 Å². The second-order valence-electron chi connectivity index (χ2n) is 3.77. The van der Waals surface area contributed by atoms with Gasteiger partial charge in [0.15, 0.2) is 0 Å². The molecule has 82 valence electrons. The number of carbonyl (C=O) groups is 1. The first-order valence-electron chi connectivity index (χ1n) is 5.39. The fourth-order valence-corrected chi connectivity index (χ4v) is 1.87. The van der Waals surface area contributed by atoms with Gasteiger partial charge < -0.3 is 4.74 Å². The van der Waals surface area contributed by atoms with Crippen LogP contribution in [0.5, 0.6) is 0 Å². The fraction of sp³-hybridized carbons (Fsp3) is 0.214. The first-order chi connectivity index (χ1) is 7.77. The predicted octanol–water partition coefficient (Wildman–Crippen LogP) is 3.09. The summed E-state index contributed by atoms with van der Waals surface area (Å²) in [6.07, 6.45) is 7.59. The van der Waals surface area contributed by atoms with Crippen molar-refractivity contribution in [1.29, 1.82) is 0 Å². The van der Waals surface area contributed by atoms with Crippen LogP contribution in [0.4, 0.5) is 0 Å². The number of fused-ring (bicyclic) bond motifs is 1. The lowest BCUT2D eigenvalue weighted by atomic mass is 9.91. The van der Waals surface area contributed by atoms with Crippen molar-refractivity contribution in [3.8, 4) is 0 Å². The van der Waals surface area contributed by atoms with Crippen molar-refractivity contribution in [1.82, 2.24) is 0 Å². The van der Waals surface area contributed by atoms with Gasteiger partial charge in [-0.3, -0.25) is 4.79 Å². The van der Waals surface area contributed by atoms with Crippen molar-refractivity contribution in [3.63, 3.8) is 0 Å². The molecule has 0 saturated heterocycles. The van der Waals surface area contributed by atoms with Gasteiger partial charge in [-0.1, -0.05) is 30.3 Å². The summed E-state index contributed by atoms with van der Waals surface area (Å²) in [6, 6.07) is 8.32. The van der Waals surface area contributed by atoms with Gasteiger partial charge in [0, 0.05) is 6.92 Å². The van der Waals surface area contributed by atoms with Crippen molar-refractivity contribution in [2.75, 3.05) is 0 Å². The second kappa shape index (κ2) is 4.79. The number of hydrogen-bond donors (Lipinski definition) is 0. The van der Waals surface area contributed by atoms with Gasteiger partial charge in [0.1, 0.15) is 0 Å². The number of rotatable bonds is 2. The molecule has 0 saturated carbocycles. The third kappa shape index (κ3) is 2.40. The Labute approximate surface area is 95.2 Å². The van der Waals surface area contributed by atoms with Crippen molar-refractivity contribution in [2.45, 2.75) is 19.8 Å². The first kappa shape index (κ1) is 10.7. The summed E-state index contributed by atoms with van der Waals surface area (Å²) < 4.78 is 4.80. The van der Waals surface area contributed by atoms with Crippen LogP contribution >= 0.6 is 0 Å². The molecule has 0 heterocycles. The quantitative estimate of drug-likeness (QED) is 0.558. The molecule has 0 aliphatic heterocycles. The standard InChI is InChI=1S/C14H14O2/c1-11(15)16-10-9-13-7-4-6-12-5-2-3-8-14(12)13/h2-3,5,7-10H,4,6H2,1H3. The number of hydrogen-bond acceptors (Lipinski definition) is 2. The van der Waals surface area contributed by atoms with E-state index in [-0.39, 0.29) is 5.97 Å². The summed E-state index contributed by atoms with van der Waals surface area (Å²) in [4.78, 5) is 10.6. The molecule has 0 unspecified atom stereocenters. The fourth-order valence-electron chi connectivity index (χ4n) is 1.87. The van der Waals surface area contributed by atoms with Crippen LogP contribution in [-0.2, 0) is 16.0 Å². The molecule has 2 nitrogen and oxygen atoms in total. The summed E-state index contributed by atoms with van der Waals surface area (Å²) in [7, 11) is 0. The van der Waals surface area contributed by atoms with Crippen LogP contribution in [0.15, 0.2) is 42.7 Å². The van der Waals surface area contributed by atoms with E-state index in [0.29, 0.717) is 0 Å². The van der Waals surface area contributed by atoms with Crippen LogP contribution in [0.3, 0.4) is 0 Å². The Morgan fingerprint density at radius 3 is 3.00 bits per heavy atom. The van der Waals surface area contributed by atoms with E-state index >= 15 is 0 Å². The Balaban J connectivity index is 2.20. The van der Waals surface area contributed by atoms with Crippen molar-refractivity contribution >= 4 is 11.5 Å². The topological polar surface area (TPSA) is 26.3 Å². The number of carbonyl (C=O) groups excluding carboxylic acids is 1. The summed E-state index contributed by atoms with van der Waals surface area (Å²) in [6.45, 7) is 1.40. The van der Waals surface area contributed by atoms with Crippen molar-refractivity contribution in [3.05, 3.63) is 53.8 Å². The van der Waals surface area contributed by atoms with Crippen LogP contribution in [-0.4, -0.2) is 5.97 Å².